The minimum atomic E-state index is 0.343. The fraction of sp³-hybridized carbons (Fsp3) is 0.176. The lowest BCUT2D eigenvalue weighted by Gasteiger charge is -2.25. The molecule has 0 spiro atoms. The molecule has 2 nitrogen and oxygen atoms in total. The molecule has 1 aliphatic heterocycles. The number of rotatable bonds is 2. The quantitative estimate of drug-likeness (QED) is 0.790. The molecule has 2 aromatic carbocycles. The topological polar surface area (TPSA) is 32.3 Å². The number of aromatic hydroxyl groups is 1. The number of anilines is 1. The Hall–Kier alpha value is -2.22. The van der Waals surface area contributed by atoms with Gasteiger partial charge < -0.3 is 10.4 Å². The molecule has 1 atom stereocenters. The van der Waals surface area contributed by atoms with Crippen LogP contribution in [0.15, 0.2) is 54.6 Å². The van der Waals surface area contributed by atoms with Crippen LogP contribution in [0.25, 0.3) is 6.08 Å². The maximum Gasteiger partial charge on any atom is 0.138 e. The van der Waals surface area contributed by atoms with E-state index in [-0.39, 0.29) is 0 Å². The van der Waals surface area contributed by atoms with Gasteiger partial charge in [-0.3, -0.25) is 0 Å². The Morgan fingerprint density at radius 1 is 1.05 bits per heavy atom. The van der Waals surface area contributed by atoms with Gasteiger partial charge in [-0.05, 0) is 23.6 Å². The molecule has 1 unspecified atom stereocenters. The van der Waals surface area contributed by atoms with Crippen LogP contribution in [-0.2, 0) is 0 Å². The first-order chi connectivity index (χ1) is 9.34. The van der Waals surface area contributed by atoms with Crippen LogP contribution in [0.5, 0.6) is 5.75 Å². The lowest BCUT2D eigenvalue weighted by Crippen LogP contribution is -2.15. The van der Waals surface area contributed by atoms with E-state index in [9.17, 15) is 5.11 Å². The van der Waals surface area contributed by atoms with Crippen LogP contribution in [0, 0.1) is 0 Å². The Morgan fingerprint density at radius 2 is 1.89 bits per heavy atom. The number of para-hydroxylation sites is 1. The second kappa shape index (κ2) is 5.19. The fourth-order valence-corrected chi connectivity index (χ4v) is 2.56. The first-order valence-corrected chi connectivity index (χ1v) is 6.63. The average molecular weight is 251 g/mol. The SMILES string of the molecule is Oc1cccc2c1NCCC2C=Cc1ccccc1. The van der Waals surface area contributed by atoms with Crippen LogP contribution < -0.4 is 5.32 Å². The molecule has 0 radical (unpaired) electrons. The van der Waals surface area contributed by atoms with E-state index in [0.29, 0.717) is 11.7 Å². The number of allylic oxidation sites excluding steroid dienone is 1. The largest absolute Gasteiger partial charge is 0.506 e. The average Bonchev–Trinajstić information content (AvgIpc) is 2.47. The second-order valence-electron chi connectivity index (χ2n) is 4.83. The summed E-state index contributed by atoms with van der Waals surface area (Å²) in [6.45, 7) is 0.897. The maximum atomic E-state index is 9.87. The van der Waals surface area contributed by atoms with Gasteiger partial charge >= 0.3 is 0 Å². The van der Waals surface area contributed by atoms with E-state index < -0.39 is 0 Å². The zero-order valence-electron chi connectivity index (χ0n) is 10.7. The highest BCUT2D eigenvalue weighted by atomic mass is 16.3. The minimum absolute atomic E-state index is 0.343. The van der Waals surface area contributed by atoms with Crippen LogP contribution in [0.2, 0.25) is 0 Å². The minimum Gasteiger partial charge on any atom is -0.506 e. The van der Waals surface area contributed by atoms with Gasteiger partial charge in [0.15, 0.2) is 0 Å². The van der Waals surface area contributed by atoms with Crippen LogP contribution in [0.4, 0.5) is 5.69 Å². The van der Waals surface area contributed by atoms with Crippen molar-refractivity contribution in [2.24, 2.45) is 0 Å². The third-order valence-corrected chi connectivity index (χ3v) is 3.55. The van der Waals surface area contributed by atoms with Gasteiger partial charge in [-0.2, -0.15) is 0 Å². The molecule has 1 aliphatic rings. The second-order valence-corrected chi connectivity index (χ2v) is 4.83. The fourth-order valence-electron chi connectivity index (χ4n) is 2.56. The van der Waals surface area contributed by atoms with Crippen molar-refractivity contribution in [1.82, 2.24) is 0 Å². The normalized spacial score (nSPS) is 18.0. The summed E-state index contributed by atoms with van der Waals surface area (Å²) in [6, 6.07) is 16.0. The summed E-state index contributed by atoms with van der Waals surface area (Å²) in [4.78, 5) is 0. The zero-order chi connectivity index (χ0) is 13.1. The molecule has 3 rings (SSSR count). The number of hydrogen-bond donors (Lipinski definition) is 2. The Balaban J connectivity index is 1.88. The Kier molecular flexibility index (Phi) is 3.23. The monoisotopic (exact) mass is 251 g/mol. The molecule has 1 heterocycles. The lowest BCUT2D eigenvalue weighted by molar-refractivity contribution is 0.474. The molecule has 0 amide bonds. The number of nitrogens with one attached hydrogen (secondary N) is 1. The molecule has 19 heavy (non-hydrogen) atoms. The van der Waals surface area contributed by atoms with Gasteiger partial charge in [0.1, 0.15) is 5.75 Å². The Morgan fingerprint density at radius 3 is 2.74 bits per heavy atom. The lowest BCUT2D eigenvalue weighted by atomic mass is 9.90. The van der Waals surface area contributed by atoms with Gasteiger partial charge in [-0.1, -0.05) is 54.6 Å². The predicted molar refractivity (Wildman–Crippen MR) is 79.4 cm³/mol. The van der Waals surface area contributed by atoms with E-state index in [1.165, 1.54) is 11.1 Å². The third-order valence-electron chi connectivity index (χ3n) is 3.55. The number of fused-ring (bicyclic) bond motifs is 1. The van der Waals surface area contributed by atoms with Gasteiger partial charge in [0.05, 0.1) is 5.69 Å². The summed E-state index contributed by atoms with van der Waals surface area (Å²) in [6.07, 6.45) is 5.44. The zero-order valence-corrected chi connectivity index (χ0v) is 10.7. The van der Waals surface area contributed by atoms with Crippen molar-refractivity contribution < 1.29 is 5.11 Å². The molecule has 0 aliphatic carbocycles. The van der Waals surface area contributed by atoms with Crippen molar-refractivity contribution in [2.75, 3.05) is 11.9 Å². The molecular weight excluding hydrogens is 234 g/mol. The van der Waals surface area contributed by atoms with Gasteiger partial charge in [0, 0.05) is 12.5 Å². The summed E-state index contributed by atoms with van der Waals surface area (Å²) >= 11 is 0. The number of hydrogen-bond acceptors (Lipinski definition) is 2. The van der Waals surface area contributed by atoms with Crippen molar-refractivity contribution >= 4 is 11.8 Å². The van der Waals surface area contributed by atoms with E-state index in [2.05, 4.69) is 35.7 Å². The molecule has 0 aromatic heterocycles. The van der Waals surface area contributed by atoms with Gasteiger partial charge in [-0.15, -0.1) is 0 Å². The molecule has 2 aromatic rings. The molecule has 96 valence electrons. The van der Waals surface area contributed by atoms with E-state index in [1.807, 2.05) is 24.3 Å². The highest BCUT2D eigenvalue weighted by molar-refractivity contribution is 5.65. The standard InChI is InChI=1S/C17H17NO/c19-16-8-4-7-15-14(11-12-18-17(15)16)10-9-13-5-2-1-3-6-13/h1-10,14,18-19H,11-12H2. The Labute approximate surface area is 113 Å². The third kappa shape index (κ3) is 2.48. The maximum absolute atomic E-state index is 9.87. The number of phenolic OH excluding ortho intramolecular Hbond substituents is 1. The summed E-state index contributed by atoms with van der Waals surface area (Å²) in [5, 5.41) is 13.1. The molecule has 2 heteroatoms. The van der Waals surface area contributed by atoms with E-state index in [1.54, 1.807) is 6.07 Å². The van der Waals surface area contributed by atoms with Crippen LogP contribution >= 0.6 is 0 Å². The van der Waals surface area contributed by atoms with Crippen LogP contribution in [-0.4, -0.2) is 11.7 Å². The van der Waals surface area contributed by atoms with Crippen molar-refractivity contribution in [3.63, 3.8) is 0 Å². The summed E-state index contributed by atoms with van der Waals surface area (Å²) < 4.78 is 0. The summed E-state index contributed by atoms with van der Waals surface area (Å²) in [7, 11) is 0. The van der Waals surface area contributed by atoms with Crippen molar-refractivity contribution in [2.45, 2.75) is 12.3 Å². The van der Waals surface area contributed by atoms with Crippen molar-refractivity contribution in [3.05, 3.63) is 65.7 Å². The predicted octanol–water partition coefficient (Wildman–Crippen LogP) is 4.00. The van der Waals surface area contributed by atoms with Crippen molar-refractivity contribution in [3.8, 4) is 5.75 Å². The van der Waals surface area contributed by atoms with Crippen LogP contribution in [0.3, 0.4) is 0 Å². The molecular formula is C17H17NO. The number of phenols is 1. The molecule has 0 saturated carbocycles. The van der Waals surface area contributed by atoms with E-state index in [4.69, 9.17) is 0 Å². The van der Waals surface area contributed by atoms with E-state index in [0.717, 1.165) is 18.7 Å². The smallest absolute Gasteiger partial charge is 0.138 e. The molecule has 2 N–H and O–H groups in total. The molecule has 0 fully saturated rings. The highest BCUT2D eigenvalue weighted by Crippen LogP contribution is 2.38. The van der Waals surface area contributed by atoms with Gasteiger partial charge in [0.2, 0.25) is 0 Å². The number of benzene rings is 2. The first-order valence-electron chi connectivity index (χ1n) is 6.63. The highest BCUT2D eigenvalue weighted by Gasteiger charge is 2.19. The van der Waals surface area contributed by atoms with Gasteiger partial charge in [0.25, 0.3) is 0 Å². The molecule has 0 bridgehead atoms. The molecule has 0 saturated heterocycles. The van der Waals surface area contributed by atoms with E-state index >= 15 is 0 Å². The van der Waals surface area contributed by atoms with Crippen molar-refractivity contribution in [1.29, 1.82) is 0 Å². The van der Waals surface area contributed by atoms with Gasteiger partial charge in [-0.25, -0.2) is 0 Å². The Bertz CT molecular complexity index is 589. The first kappa shape index (κ1) is 11.8. The summed E-state index contributed by atoms with van der Waals surface area (Å²) in [5.74, 6) is 0.707. The summed E-state index contributed by atoms with van der Waals surface area (Å²) in [5.41, 5.74) is 3.28. The van der Waals surface area contributed by atoms with Crippen LogP contribution in [0.1, 0.15) is 23.5 Å².